The molecule has 0 aliphatic heterocycles. The number of carbonyl (C=O) groups is 1. The summed E-state index contributed by atoms with van der Waals surface area (Å²) in [6.45, 7) is 0.0450. The number of hydrogen-bond donors (Lipinski definition) is 2. The van der Waals surface area contributed by atoms with Crippen molar-refractivity contribution in [3.8, 4) is 11.5 Å². The molecular weight excluding hydrogens is 287 g/mol. The number of phenols is 1. The molecule has 0 atom stereocenters. The predicted molar refractivity (Wildman–Crippen MR) is 70.8 cm³/mol. The largest absolute Gasteiger partial charge is 0.507 e. The standard InChI is InChI=1S/C14H10ClFO4/c15-11-5-10(14(18)19)12(17)6-13(11)20-7-8-2-1-3-9(16)4-8/h1-6,17H,7H2,(H,18,19). The Kier molecular flexibility index (Phi) is 4.10. The summed E-state index contributed by atoms with van der Waals surface area (Å²) in [5.74, 6) is -2.00. The Balaban J connectivity index is 2.18. The average Bonchev–Trinajstić information content (AvgIpc) is 2.39. The Bertz CT molecular complexity index is 658. The third-order valence-electron chi connectivity index (χ3n) is 2.56. The molecular formula is C14H10ClFO4. The summed E-state index contributed by atoms with van der Waals surface area (Å²) >= 11 is 5.87. The molecule has 6 heteroatoms. The number of aromatic hydroxyl groups is 1. The molecule has 0 spiro atoms. The molecule has 4 nitrogen and oxygen atoms in total. The lowest BCUT2D eigenvalue weighted by molar-refractivity contribution is 0.0693. The molecule has 104 valence electrons. The second kappa shape index (κ2) is 5.79. The summed E-state index contributed by atoms with van der Waals surface area (Å²) in [5, 5.41) is 18.4. The Hall–Kier alpha value is -2.27. The van der Waals surface area contributed by atoms with Crippen molar-refractivity contribution in [1.82, 2.24) is 0 Å². The second-order valence-corrected chi connectivity index (χ2v) is 4.43. The fourth-order valence-corrected chi connectivity index (χ4v) is 1.83. The van der Waals surface area contributed by atoms with Crippen LogP contribution in [0.1, 0.15) is 15.9 Å². The monoisotopic (exact) mass is 296 g/mol. The number of aromatic carboxylic acids is 1. The van der Waals surface area contributed by atoms with Crippen LogP contribution < -0.4 is 4.74 Å². The van der Waals surface area contributed by atoms with Crippen LogP contribution >= 0.6 is 11.6 Å². The maximum Gasteiger partial charge on any atom is 0.339 e. The lowest BCUT2D eigenvalue weighted by Crippen LogP contribution is -2.00. The van der Waals surface area contributed by atoms with Crippen molar-refractivity contribution in [3.63, 3.8) is 0 Å². The molecule has 20 heavy (non-hydrogen) atoms. The van der Waals surface area contributed by atoms with Gasteiger partial charge in [0.2, 0.25) is 0 Å². The van der Waals surface area contributed by atoms with Crippen LogP contribution in [0.15, 0.2) is 36.4 Å². The molecule has 2 rings (SSSR count). The zero-order valence-electron chi connectivity index (χ0n) is 10.1. The Morgan fingerprint density at radius 2 is 2.05 bits per heavy atom. The first-order valence-electron chi connectivity index (χ1n) is 5.60. The van der Waals surface area contributed by atoms with Gasteiger partial charge in [-0.15, -0.1) is 0 Å². The third-order valence-corrected chi connectivity index (χ3v) is 2.86. The van der Waals surface area contributed by atoms with Gasteiger partial charge in [0.1, 0.15) is 29.5 Å². The Morgan fingerprint density at radius 3 is 2.70 bits per heavy atom. The summed E-state index contributed by atoms with van der Waals surface area (Å²) in [7, 11) is 0. The van der Waals surface area contributed by atoms with Gasteiger partial charge in [0.15, 0.2) is 0 Å². The molecule has 2 N–H and O–H groups in total. The van der Waals surface area contributed by atoms with Gasteiger partial charge in [0, 0.05) is 6.07 Å². The highest BCUT2D eigenvalue weighted by molar-refractivity contribution is 6.32. The fourth-order valence-electron chi connectivity index (χ4n) is 1.61. The highest BCUT2D eigenvalue weighted by Crippen LogP contribution is 2.32. The van der Waals surface area contributed by atoms with Gasteiger partial charge in [-0.05, 0) is 23.8 Å². The van der Waals surface area contributed by atoms with Crippen molar-refractivity contribution >= 4 is 17.6 Å². The number of halogens is 2. The van der Waals surface area contributed by atoms with Crippen LogP contribution in [0.2, 0.25) is 5.02 Å². The van der Waals surface area contributed by atoms with Crippen molar-refractivity contribution in [2.24, 2.45) is 0 Å². The average molecular weight is 297 g/mol. The quantitative estimate of drug-likeness (QED) is 0.906. The third kappa shape index (κ3) is 3.19. The lowest BCUT2D eigenvalue weighted by atomic mass is 10.2. The van der Waals surface area contributed by atoms with E-state index in [4.69, 9.17) is 21.4 Å². The van der Waals surface area contributed by atoms with Gasteiger partial charge >= 0.3 is 5.97 Å². The highest BCUT2D eigenvalue weighted by Gasteiger charge is 2.14. The van der Waals surface area contributed by atoms with Gasteiger partial charge in [-0.2, -0.15) is 0 Å². The molecule has 0 bridgehead atoms. The van der Waals surface area contributed by atoms with Gasteiger partial charge in [0.25, 0.3) is 0 Å². The molecule has 2 aromatic rings. The Labute approximate surface area is 119 Å². The first kappa shape index (κ1) is 14.1. The number of ether oxygens (including phenoxy) is 1. The summed E-state index contributed by atoms with van der Waals surface area (Å²) in [6.07, 6.45) is 0. The topological polar surface area (TPSA) is 66.8 Å². The fraction of sp³-hybridized carbons (Fsp3) is 0.0714. The van der Waals surface area contributed by atoms with Gasteiger partial charge in [-0.3, -0.25) is 0 Å². The Morgan fingerprint density at radius 1 is 1.30 bits per heavy atom. The van der Waals surface area contributed by atoms with Crippen LogP contribution in [-0.2, 0) is 6.61 Å². The first-order valence-corrected chi connectivity index (χ1v) is 5.98. The molecule has 0 heterocycles. The maximum absolute atomic E-state index is 13.0. The highest BCUT2D eigenvalue weighted by atomic mass is 35.5. The number of rotatable bonds is 4. The van der Waals surface area contributed by atoms with E-state index >= 15 is 0 Å². The molecule has 0 aliphatic rings. The van der Waals surface area contributed by atoms with Crippen LogP contribution in [0, 0.1) is 5.82 Å². The molecule has 0 amide bonds. The summed E-state index contributed by atoms with van der Waals surface area (Å²) in [4.78, 5) is 10.8. The molecule has 0 radical (unpaired) electrons. The van der Waals surface area contributed by atoms with Crippen LogP contribution in [-0.4, -0.2) is 16.2 Å². The molecule has 0 fully saturated rings. The van der Waals surface area contributed by atoms with Gasteiger partial charge in [0.05, 0.1) is 5.02 Å². The zero-order chi connectivity index (χ0) is 14.7. The predicted octanol–water partition coefficient (Wildman–Crippen LogP) is 3.46. The van der Waals surface area contributed by atoms with E-state index in [1.165, 1.54) is 12.1 Å². The van der Waals surface area contributed by atoms with E-state index in [0.717, 1.165) is 12.1 Å². The number of carboxylic acids is 1. The molecule has 0 aliphatic carbocycles. The van der Waals surface area contributed by atoms with E-state index in [1.54, 1.807) is 12.1 Å². The van der Waals surface area contributed by atoms with E-state index in [2.05, 4.69) is 0 Å². The lowest BCUT2D eigenvalue weighted by Gasteiger charge is -2.10. The number of hydrogen-bond acceptors (Lipinski definition) is 3. The number of benzene rings is 2. The minimum atomic E-state index is -1.29. The molecule has 0 unspecified atom stereocenters. The SMILES string of the molecule is O=C(O)c1cc(Cl)c(OCc2cccc(F)c2)cc1O. The zero-order valence-corrected chi connectivity index (χ0v) is 10.9. The van der Waals surface area contributed by atoms with Crippen molar-refractivity contribution in [2.45, 2.75) is 6.61 Å². The minimum Gasteiger partial charge on any atom is -0.507 e. The minimum absolute atomic E-state index is 0.0450. The van der Waals surface area contributed by atoms with Crippen LogP contribution in [0.3, 0.4) is 0 Å². The van der Waals surface area contributed by atoms with Gasteiger partial charge in [-0.1, -0.05) is 23.7 Å². The van der Waals surface area contributed by atoms with Gasteiger partial charge in [-0.25, -0.2) is 9.18 Å². The van der Waals surface area contributed by atoms with Crippen molar-refractivity contribution in [3.05, 3.63) is 58.4 Å². The molecule has 2 aromatic carbocycles. The maximum atomic E-state index is 13.0. The normalized spacial score (nSPS) is 10.3. The first-order chi connectivity index (χ1) is 9.47. The van der Waals surface area contributed by atoms with Crippen LogP contribution in [0.5, 0.6) is 11.5 Å². The molecule has 0 saturated heterocycles. The smallest absolute Gasteiger partial charge is 0.339 e. The second-order valence-electron chi connectivity index (χ2n) is 4.02. The summed E-state index contributed by atoms with van der Waals surface area (Å²) in [5.41, 5.74) is 0.274. The summed E-state index contributed by atoms with van der Waals surface area (Å²) < 4.78 is 18.3. The van der Waals surface area contributed by atoms with Gasteiger partial charge < -0.3 is 14.9 Å². The van der Waals surface area contributed by atoms with E-state index in [-0.39, 0.29) is 28.8 Å². The van der Waals surface area contributed by atoms with Crippen molar-refractivity contribution < 1.29 is 24.1 Å². The summed E-state index contributed by atoms with van der Waals surface area (Å²) in [6, 6.07) is 8.04. The van der Waals surface area contributed by atoms with Crippen molar-refractivity contribution in [2.75, 3.05) is 0 Å². The van der Waals surface area contributed by atoms with Crippen molar-refractivity contribution in [1.29, 1.82) is 0 Å². The van der Waals surface area contributed by atoms with E-state index < -0.39 is 11.7 Å². The number of carboxylic acid groups (broad SMARTS) is 1. The van der Waals surface area contributed by atoms with Crippen LogP contribution in [0.25, 0.3) is 0 Å². The van der Waals surface area contributed by atoms with E-state index in [9.17, 15) is 14.3 Å². The molecule has 0 aromatic heterocycles. The molecule has 0 saturated carbocycles. The van der Waals surface area contributed by atoms with Crippen LogP contribution in [0.4, 0.5) is 4.39 Å². The van der Waals surface area contributed by atoms with E-state index in [1.807, 2.05) is 0 Å². The van der Waals surface area contributed by atoms with E-state index in [0.29, 0.717) is 5.56 Å².